The van der Waals surface area contributed by atoms with Gasteiger partial charge in [-0.1, -0.05) is 6.92 Å². The lowest BCUT2D eigenvalue weighted by Gasteiger charge is -2.42. The van der Waals surface area contributed by atoms with Crippen LogP contribution < -0.4 is 0 Å². The SMILES string of the molecule is CC1CCC(C(=O)O)(N(C)C2CC2)CC1. The molecule has 1 N–H and O–H groups in total. The number of carboxylic acid groups (broad SMARTS) is 1. The zero-order valence-corrected chi connectivity index (χ0v) is 9.70. The molecule has 0 saturated heterocycles. The van der Waals surface area contributed by atoms with Crippen LogP contribution in [0.15, 0.2) is 0 Å². The van der Waals surface area contributed by atoms with Gasteiger partial charge in [-0.3, -0.25) is 9.69 Å². The molecule has 3 nitrogen and oxygen atoms in total. The highest BCUT2D eigenvalue weighted by Crippen LogP contribution is 2.41. The molecule has 0 unspecified atom stereocenters. The molecule has 3 heteroatoms. The van der Waals surface area contributed by atoms with Gasteiger partial charge in [0.1, 0.15) is 5.54 Å². The third-order valence-electron chi connectivity index (χ3n) is 4.27. The summed E-state index contributed by atoms with van der Waals surface area (Å²) in [5.41, 5.74) is -0.548. The zero-order chi connectivity index (χ0) is 11.1. The standard InChI is InChI=1S/C12H21NO2/c1-9-5-7-12(8-6-9,11(14)15)13(2)10-3-4-10/h9-10H,3-8H2,1-2H3,(H,14,15). The Balaban J connectivity index is 2.12. The van der Waals surface area contributed by atoms with Crippen molar-refractivity contribution >= 4 is 5.97 Å². The summed E-state index contributed by atoms with van der Waals surface area (Å²) < 4.78 is 0. The van der Waals surface area contributed by atoms with Gasteiger partial charge in [0.05, 0.1) is 0 Å². The zero-order valence-electron chi connectivity index (χ0n) is 9.70. The fourth-order valence-corrected chi connectivity index (χ4v) is 2.77. The predicted octanol–water partition coefficient (Wildman–Crippen LogP) is 2.11. The van der Waals surface area contributed by atoms with Gasteiger partial charge in [-0.15, -0.1) is 0 Å². The Bertz CT molecular complexity index is 252. The van der Waals surface area contributed by atoms with Gasteiger partial charge in [0.2, 0.25) is 0 Å². The quantitative estimate of drug-likeness (QED) is 0.777. The summed E-state index contributed by atoms with van der Waals surface area (Å²) in [5, 5.41) is 9.48. The van der Waals surface area contributed by atoms with Crippen LogP contribution in [0, 0.1) is 5.92 Å². The first kappa shape index (κ1) is 10.9. The molecule has 2 aliphatic carbocycles. The van der Waals surface area contributed by atoms with Crippen molar-refractivity contribution < 1.29 is 9.90 Å². The first-order valence-corrected chi connectivity index (χ1v) is 6.02. The summed E-state index contributed by atoms with van der Waals surface area (Å²) in [7, 11) is 2.00. The monoisotopic (exact) mass is 211 g/mol. The van der Waals surface area contributed by atoms with Gasteiger partial charge < -0.3 is 5.11 Å². The van der Waals surface area contributed by atoms with E-state index in [1.807, 2.05) is 7.05 Å². The van der Waals surface area contributed by atoms with Crippen molar-refractivity contribution in [2.24, 2.45) is 5.92 Å². The maximum Gasteiger partial charge on any atom is 0.324 e. The lowest BCUT2D eigenvalue weighted by atomic mass is 9.76. The van der Waals surface area contributed by atoms with Crippen LogP contribution in [0.5, 0.6) is 0 Å². The Morgan fingerprint density at radius 2 is 1.80 bits per heavy atom. The molecule has 2 fully saturated rings. The summed E-state index contributed by atoms with van der Waals surface area (Å²) in [4.78, 5) is 13.7. The number of aliphatic carboxylic acids is 1. The lowest BCUT2D eigenvalue weighted by molar-refractivity contribution is -0.154. The molecular weight excluding hydrogens is 190 g/mol. The van der Waals surface area contributed by atoms with E-state index in [9.17, 15) is 9.90 Å². The minimum Gasteiger partial charge on any atom is -0.480 e. The van der Waals surface area contributed by atoms with E-state index in [1.165, 1.54) is 12.8 Å². The number of hydrogen-bond donors (Lipinski definition) is 1. The number of hydrogen-bond acceptors (Lipinski definition) is 2. The average molecular weight is 211 g/mol. The number of nitrogens with zero attached hydrogens (tertiary/aromatic N) is 1. The van der Waals surface area contributed by atoms with Crippen molar-refractivity contribution in [2.45, 2.75) is 57.0 Å². The minimum absolute atomic E-state index is 0.537. The number of carboxylic acids is 1. The summed E-state index contributed by atoms with van der Waals surface area (Å²) in [5.74, 6) is 0.0916. The predicted molar refractivity (Wildman–Crippen MR) is 58.8 cm³/mol. The van der Waals surface area contributed by atoms with Crippen molar-refractivity contribution in [1.82, 2.24) is 4.90 Å². The lowest BCUT2D eigenvalue weighted by Crippen LogP contribution is -2.55. The van der Waals surface area contributed by atoms with E-state index in [0.717, 1.165) is 25.7 Å². The highest BCUT2D eigenvalue weighted by atomic mass is 16.4. The van der Waals surface area contributed by atoms with Crippen LogP contribution in [-0.2, 0) is 4.79 Å². The van der Waals surface area contributed by atoms with Crippen molar-refractivity contribution in [3.05, 3.63) is 0 Å². The fourth-order valence-electron chi connectivity index (χ4n) is 2.77. The molecule has 0 radical (unpaired) electrons. The molecule has 0 aliphatic heterocycles. The molecule has 2 rings (SSSR count). The normalized spacial score (nSPS) is 36.9. The van der Waals surface area contributed by atoms with Crippen LogP contribution in [-0.4, -0.2) is 34.6 Å². The smallest absolute Gasteiger partial charge is 0.324 e. The van der Waals surface area contributed by atoms with Gasteiger partial charge in [-0.2, -0.15) is 0 Å². The average Bonchev–Trinajstić information content (AvgIpc) is 3.01. The Morgan fingerprint density at radius 3 is 2.20 bits per heavy atom. The minimum atomic E-state index is -0.608. The molecule has 0 bridgehead atoms. The van der Waals surface area contributed by atoms with Crippen LogP contribution in [0.1, 0.15) is 45.4 Å². The van der Waals surface area contributed by atoms with Gasteiger partial charge in [0.25, 0.3) is 0 Å². The molecule has 2 saturated carbocycles. The van der Waals surface area contributed by atoms with Crippen LogP contribution >= 0.6 is 0 Å². The molecule has 0 heterocycles. The summed E-state index contributed by atoms with van der Waals surface area (Å²) in [6.45, 7) is 2.23. The molecule has 0 aromatic carbocycles. The molecule has 0 atom stereocenters. The molecule has 0 aromatic heterocycles. The van der Waals surface area contributed by atoms with Crippen LogP contribution in [0.2, 0.25) is 0 Å². The maximum absolute atomic E-state index is 11.5. The first-order chi connectivity index (χ1) is 7.06. The van der Waals surface area contributed by atoms with E-state index in [-0.39, 0.29) is 0 Å². The third kappa shape index (κ3) is 1.89. The largest absolute Gasteiger partial charge is 0.480 e. The van der Waals surface area contributed by atoms with Crippen molar-refractivity contribution in [3.63, 3.8) is 0 Å². The Labute approximate surface area is 91.5 Å². The molecule has 0 amide bonds. The summed E-state index contributed by atoms with van der Waals surface area (Å²) in [6.07, 6.45) is 6.14. The first-order valence-electron chi connectivity index (χ1n) is 6.02. The second kappa shape index (κ2) is 3.78. The van der Waals surface area contributed by atoms with Crippen LogP contribution in [0.3, 0.4) is 0 Å². The topological polar surface area (TPSA) is 40.5 Å². The molecule has 0 aromatic rings. The van der Waals surface area contributed by atoms with Gasteiger partial charge in [-0.05, 0) is 51.5 Å². The van der Waals surface area contributed by atoms with Crippen LogP contribution in [0.25, 0.3) is 0 Å². The Kier molecular flexibility index (Phi) is 2.75. The van der Waals surface area contributed by atoms with Crippen molar-refractivity contribution in [3.8, 4) is 0 Å². The van der Waals surface area contributed by atoms with E-state index in [2.05, 4.69) is 11.8 Å². The summed E-state index contributed by atoms with van der Waals surface area (Å²) >= 11 is 0. The molecule has 0 spiro atoms. The molecular formula is C12H21NO2. The highest BCUT2D eigenvalue weighted by Gasteiger charge is 2.48. The number of likely N-dealkylation sites (N-methyl/N-ethyl adjacent to an activating group) is 1. The van der Waals surface area contributed by atoms with Crippen LogP contribution in [0.4, 0.5) is 0 Å². The molecule has 2 aliphatic rings. The van der Waals surface area contributed by atoms with E-state index >= 15 is 0 Å². The second-order valence-corrected chi connectivity index (χ2v) is 5.36. The molecule has 86 valence electrons. The van der Waals surface area contributed by atoms with Gasteiger partial charge in [0, 0.05) is 6.04 Å². The van der Waals surface area contributed by atoms with Crippen molar-refractivity contribution in [1.29, 1.82) is 0 Å². The summed E-state index contributed by atoms with van der Waals surface area (Å²) in [6, 6.07) is 0.537. The second-order valence-electron chi connectivity index (χ2n) is 5.36. The Hall–Kier alpha value is -0.570. The van der Waals surface area contributed by atoms with Gasteiger partial charge in [0.15, 0.2) is 0 Å². The maximum atomic E-state index is 11.5. The third-order valence-corrected chi connectivity index (χ3v) is 4.27. The number of rotatable bonds is 3. The highest BCUT2D eigenvalue weighted by molar-refractivity contribution is 5.79. The van der Waals surface area contributed by atoms with Crippen molar-refractivity contribution in [2.75, 3.05) is 7.05 Å². The van der Waals surface area contributed by atoms with E-state index in [0.29, 0.717) is 12.0 Å². The van der Waals surface area contributed by atoms with E-state index in [1.54, 1.807) is 0 Å². The van der Waals surface area contributed by atoms with Gasteiger partial charge in [-0.25, -0.2) is 0 Å². The number of carbonyl (C=O) groups is 1. The fraction of sp³-hybridized carbons (Fsp3) is 0.917. The van der Waals surface area contributed by atoms with E-state index < -0.39 is 11.5 Å². The molecule has 15 heavy (non-hydrogen) atoms. The van der Waals surface area contributed by atoms with E-state index in [4.69, 9.17) is 0 Å². The van der Waals surface area contributed by atoms with Gasteiger partial charge >= 0.3 is 5.97 Å². The Morgan fingerprint density at radius 1 is 1.27 bits per heavy atom.